The molecule has 2 rings (SSSR count). The third-order valence-corrected chi connectivity index (χ3v) is 2.75. The molecule has 6 heteroatoms. The van der Waals surface area contributed by atoms with Crippen molar-refractivity contribution in [2.24, 2.45) is 0 Å². The van der Waals surface area contributed by atoms with Crippen LogP contribution in [0.5, 0.6) is 5.88 Å². The van der Waals surface area contributed by atoms with Crippen molar-refractivity contribution in [2.75, 3.05) is 7.11 Å². The molecular weight excluding hydrogens is 254 g/mol. The molecule has 1 aromatic carbocycles. The van der Waals surface area contributed by atoms with Crippen LogP contribution in [0.3, 0.4) is 0 Å². The van der Waals surface area contributed by atoms with Crippen LogP contribution in [-0.4, -0.2) is 22.2 Å². The Hall–Kier alpha value is -2.08. The lowest BCUT2D eigenvalue weighted by atomic mass is 10.0. The Morgan fingerprint density at radius 1 is 1.21 bits per heavy atom. The normalized spacial score (nSPS) is 12.3. The number of ether oxygens (including phenoxy) is 1. The zero-order valence-corrected chi connectivity index (χ0v) is 10.4. The Kier molecular flexibility index (Phi) is 3.71. The Morgan fingerprint density at radius 2 is 1.95 bits per heavy atom. The van der Waals surface area contributed by atoms with E-state index >= 15 is 0 Å². The first-order chi connectivity index (χ1) is 9.04. The summed E-state index contributed by atoms with van der Waals surface area (Å²) in [6.07, 6.45) is -0.202. The number of hydrogen-bond donors (Lipinski definition) is 1. The molecule has 0 saturated heterocycles. The molecule has 0 spiro atoms. The van der Waals surface area contributed by atoms with Gasteiger partial charge in [-0.15, -0.1) is 0 Å². The molecule has 1 atom stereocenters. The molecule has 0 aliphatic heterocycles. The van der Waals surface area contributed by atoms with E-state index in [9.17, 15) is 13.9 Å². The molecular formula is C13H12F2N2O2. The number of benzene rings is 1. The minimum atomic E-state index is -1.38. The topological polar surface area (TPSA) is 55.2 Å². The van der Waals surface area contributed by atoms with E-state index in [1.807, 2.05) is 0 Å². The van der Waals surface area contributed by atoms with Crippen molar-refractivity contribution < 1.29 is 18.6 Å². The van der Waals surface area contributed by atoms with Crippen molar-refractivity contribution in [1.29, 1.82) is 0 Å². The summed E-state index contributed by atoms with van der Waals surface area (Å²) in [6, 6.07) is 4.09. The van der Waals surface area contributed by atoms with Gasteiger partial charge in [0.1, 0.15) is 12.4 Å². The predicted octanol–water partition coefficient (Wildman–Crippen LogP) is 2.15. The minimum Gasteiger partial charge on any atom is -0.481 e. The van der Waals surface area contributed by atoms with Crippen LogP contribution in [0, 0.1) is 18.6 Å². The number of halogens is 2. The van der Waals surface area contributed by atoms with Crippen molar-refractivity contribution in [1.82, 2.24) is 9.97 Å². The first kappa shape index (κ1) is 13.4. The molecule has 1 heterocycles. The van der Waals surface area contributed by atoms with E-state index in [1.165, 1.54) is 38.6 Å². The van der Waals surface area contributed by atoms with Crippen LogP contribution in [-0.2, 0) is 0 Å². The van der Waals surface area contributed by atoms with Gasteiger partial charge in [0.15, 0.2) is 11.6 Å². The molecule has 19 heavy (non-hydrogen) atoms. The Balaban J connectivity index is 2.44. The molecule has 4 nitrogen and oxygen atoms in total. The second-order valence-corrected chi connectivity index (χ2v) is 3.99. The van der Waals surface area contributed by atoms with Gasteiger partial charge in [0.2, 0.25) is 5.88 Å². The summed E-state index contributed by atoms with van der Waals surface area (Å²) in [4.78, 5) is 7.60. The molecule has 1 aromatic heterocycles. The molecule has 0 saturated carbocycles. The van der Waals surface area contributed by atoms with Crippen molar-refractivity contribution >= 4 is 0 Å². The molecule has 100 valence electrons. The maximum atomic E-state index is 13.8. The van der Waals surface area contributed by atoms with Gasteiger partial charge >= 0.3 is 0 Å². The Bertz CT molecular complexity index is 605. The van der Waals surface area contributed by atoms with Gasteiger partial charge in [-0.1, -0.05) is 12.1 Å². The lowest BCUT2D eigenvalue weighted by Gasteiger charge is -2.13. The number of methoxy groups -OCH3 is 1. The maximum absolute atomic E-state index is 13.8. The fourth-order valence-corrected chi connectivity index (χ4v) is 1.65. The molecule has 1 N–H and O–H groups in total. The van der Waals surface area contributed by atoms with Crippen LogP contribution in [0.2, 0.25) is 0 Å². The maximum Gasteiger partial charge on any atom is 0.216 e. The predicted molar refractivity (Wildman–Crippen MR) is 63.7 cm³/mol. The first-order valence-electron chi connectivity index (χ1n) is 5.53. The molecule has 0 bridgehead atoms. The van der Waals surface area contributed by atoms with E-state index in [4.69, 9.17) is 4.74 Å². The van der Waals surface area contributed by atoms with Crippen LogP contribution >= 0.6 is 0 Å². The summed E-state index contributed by atoms with van der Waals surface area (Å²) in [5, 5.41) is 10.1. The zero-order chi connectivity index (χ0) is 14.0. The fraction of sp³-hybridized carbons (Fsp3) is 0.231. The number of nitrogens with zero attached hydrogens (tertiary/aromatic N) is 2. The first-order valence-corrected chi connectivity index (χ1v) is 5.53. The molecule has 2 aromatic rings. The zero-order valence-electron chi connectivity index (χ0n) is 10.4. The molecule has 0 aliphatic carbocycles. The van der Waals surface area contributed by atoms with Gasteiger partial charge in [-0.2, -0.15) is 0 Å². The van der Waals surface area contributed by atoms with Crippen LogP contribution in [0.4, 0.5) is 8.78 Å². The Labute approximate surface area is 108 Å². The average molecular weight is 266 g/mol. The number of hydrogen-bond acceptors (Lipinski definition) is 4. The highest BCUT2D eigenvalue weighted by atomic mass is 19.2. The molecule has 0 amide bonds. The van der Waals surface area contributed by atoms with E-state index in [2.05, 4.69) is 9.97 Å². The van der Waals surface area contributed by atoms with Gasteiger partial charge in [-0.3, -0.25) is 0 Å². The summed E-state index contributed by atoms with van der Waals surface area (Å²) in [7, 11) is 1.41. The van der Waals surface area contributed by atoms with Crippen LogP contribution in [0.1, 0.15) is 22.9 Å². The van der Waals surface area contributed by atoms with Gasteiger partial charge < -0.3 is 9.84 Å². The summed E-state index contributed by atoms with van der Waals surface area (Å²) in [6.45, 7) is 1.45. The molecule has 0 radical (unpaired) electrons. The van der Waals surface area contributed by atoms with E-state index in [-0.39, 0.29) is 22.7 Å². The molecule has 0 aliphatic rings. The second kappa shape index (κ2) is 5.27. The highest BCUT2D eigenvalue weighted by Gasteiger charge is 2.20. The van der Waals surface area contributed by atoms with E-state index in [1.54, 1.807) is 0 Å². The fourth-order valence-electron chi connectivity index (χ4n) is 1.65. The van der Waals surface area contributed by atoms with E-state index in [0.717, 1.165) is 0 Å². The summed E-state index contributed by atoms with van der Waals surface area (Å²) in [5.41, 5.74) is 0.131. The van der Waals surface area contributed by atoms with Gasteiger partial charge in [0.05, 0.1) is 12.8 Å². The number of rotatable bonds is 3. The number of aliphatic hydroxyl groups is 1. The highest BCUT2D eigenvalue weighted by molar-refractivity contribution is 5.32. The second-order valence-electron chi connectivity index (χ2n) is 3.99. The number of aliphatic hydroxyl groups excluding tert-OH is 1. The van der Waals surface area contributed by atoms with Crippen molar-refractivity contribution in [3.8, 4) is 5.88 Å². The lowest BCUT2D eigenvalue weighted by Crippen LogP contribution is -2.07. The van der Waals surface area contributed by atoms with Crippen LogP contribution < -0.4 is 4.74 Å². The van der Waals surface area contributed by atoms with Gasteiger partial charge in [0, 0.05) is 11.6 Å². The largest absolute Gasteiger partial charge is 0.481 e. The Morgan fingerprint density at radius 3 is 2.63 bits per heavy atom. The minimum absolute atomic E-state index is 0.133. The number of aromatic nitrogens is 2. The standard InChI is InChI=1S/C13H12F2N2O2/c1-7-3-4-8(12(15)11(7)14)13(18)9-5-10(19-2)17-6-16-9/h3-6,13,18H,1-2H3. The highest BCUT2D eigenvalue weighted by Crippen LogP contribution is 2.26. The van der Waals surface area contributed by atoms with Crippen molar-refractivity contribution in [3.05, 3.63) is 53.0 Å². The number of aryl methyl sites for hydroxylation is 1. The van der Waals surface area contributed by atoms with E-state index in [0.29, 0.717) is 0 Å². The quantitative estimate of drug-likeness (QED) is 0.924. The molecule has 0 fully saturated rings. The lowest BCUT2D eigenvalue weighted by molar-refractivity contribution is 0.207. The SMILES string of the molecule is COc1cc(C(O)c2ccc(C)c(F)c2F)ncn1. The summed E-state index contributed by atoms with van der Waals surface area (Å²) < 4.78 is 32.1. The van der Waals surface area contributed by atoms with E-state index < -0.39 is 17.7 Å². The van der Waals surface area contributed by atoms with Crippen LogP contribution in [0.25, 0.3) is 0 Å². The van der Waals surface area contributed by atoms with Gasteiger partial charge in [0.25, 0.3) is 0 Å². The average Bonchev–Trinajstić information content (AvgIpc) is 2.44. The van der Waals surface area contributed by atoms with Crippen molar-refractivity contribution in [3.63, 3.8) is 0 Å². The third kappa shape index (κ3) is 2.53. The molecule has 1 unspecified atom stereocenters. The summed E-state index contributed by atoms with van der Waals surface area (Å²) >= 11 is 0. The van der Waals surface area contributed by atoms with Gasteiger partial charge in [-0.25, -0.2) is 18.7 Å². The monoisotopic (exact) mass is 266 g/mol. The summed E-state index contributed by atoms with van der Waals surface area (Å²) in [5.74, 6) is -1.82. The smallest absolute Gasteiger partial charge is 0.216 e. The third-order valence-electron chi connectivity index (χ3n) is 2.75. The van der Waals surface area contributed by atoms with Crippen molar-refractivity contribution in [2.45, 2.75) is 13.0 Å². The van der Waals surface area contributed by atoms with Crippen LogP contribution in [0.15, 0.2) is 24.5 Å². The van der Waals surface area contributed by atoms with Gasteiger partial charge in [-0.05, 0) is 12.5 Å².